The highest BCUT2D eigenvalue weighted by molar-refractivity contribution is 5.02. The molecule has 1 heterocycles. The van der Waals surface area contributed by atoms with E-state index >= 15 is 0 Å². The first-order valence-corrected chi connectivity index (χ1v) is 7.28. The fourth-order valence-corrected chi connectivity index (χ4v) is 2.57. The van der Waals surface area contributed by atoms with E-state index in [0.717, 1.165) is 18.7 Å². The molecule has 19 heavy (non-hydrogen) atoms. The molecule has 1 fully saturated rings. The molecule has 1 aromatic heterocycles. The zero-order chi connectivity index (χ0) is 14.3. The highest BCUT2D eigenvalue weighted by atomic mass is 16.5. The number of nitrogens with two attached hydrogens (primary N) is 1. The highest BCUT2D eigenvalue weighted by Crippen LogP contribution is 2.42. The summed E-state index contributed by atoms with van der Waals surface area (Å²) in [4.78, 5) is 4.55. The van der Waals surface area contributed by atoms with Crippen molar-refractivity contribution in [3.63, 3.8) is 0 Å². The number of rotatable bonds is 2. The fraction of sp³-hybridized carbons (Fsp3) is 0.867. The summed E-state index contributed by atoms with van der Waals surface area (Å²) in [5.74, 6) is 1.87. The van der Waals surface area contributed by atoms with Crippen LogP contribution in [0, 0.1) is 10.8 Å². The molecule has 1 aliphatic carbocycles. The van der Waals surface area contributed by atoms with Crippen LogP contribution in [0.5, 0.6) is 0 Å². The van der Waals surface area contributed by atoms with Crippen molar-refractivity contribution < 1.29 is 4.52 Å². The van der Waals surface area contributed by atoms with Crippen LogP contribution in [0.3, 0.4) is 0 Å². The van der Waals surface area contributed by atoms with E-state index in [1.54, 1.807) is 0 Å². The van der Waals surface area contributed by atoms with E-state index in [4.69, 9.17) is 10.3 Å². The minimum atomic E-state index is -0.200. The van der Waals surface area contributed by atoms with Crippen LogP contribution in [-0.2, 0) is 0 Å². The van der Waals surface area contributed by atoms with Gasteiger partial charge in [0.05, 0.1) is 6.04 Å². The van der Waals surface area contributed by atoms with Gasteiger partial charge in [-0.25, -0.2) is 0 Å². The van der Waals surface area contributed by atoms with Crippen molar-refractivity contribution in [3.8, 4) is 0 Å². The Morgan fingerprint density at radius 1 is 1.26 bits per heavy atom. The Morgan fingerprint density at radius 3 is 2.37 bits per heavy atom. The molecule has 1 saturated carbocycles. The van der Waals surface area contributed by atoms with Crippen molar-refractivity contribution in [2.75, 3.05) is 0 Å². The van der Waals surface area contributed by atoms with E-state index in [1.165, 1.54) is 12.8 Å². The Labute approximate surface area is 116 Å². The topological polar surface area (TPSA) is 64.9 Å². The van der Waals surface area contributed by atoms with Crippen LogP contribution < -0.4 is 5.73 Å². The molecule has 1 aromatic rings. The molecule has 1 aliphatic rings. The summed E-state index contributed by atoms with van der Waals surface area (Å²) in [6.45, 7) is 10.9. The van der Waals surface area contributed by atoms with Crippen molar-refractivity contribution in [2.24, 2.45) is 16.6 Å². The van der Waals surface area contributed by atoms with Crippen molar-refractivity contribution in [1.29, 1.82) is 0 Å². The van der Waals surface area contributed by atoms with Gasteiger partial charge in [-0.1, -0.05) is 39.8 Å². The second kappa shape index (κ2) is 4.89. The molecule has 0 aliphatic heterocycles. The second-order valence-corrected chi connectivity index (χ2v) is 7.77. The molecule has 4 heteroatoms. The third-order valence-corrected chi connectivity index (χ3v) is 4.36. The summed E-state index contributed by atoms with van der Waals surface area (Å²) in [6, 6.07) is -0.200. The Balaban J connectivity index is 2.06. The summed E-state index contributed by atoms with van der Waals surface area (Å²) in [5.41, 5.74) is 6.57. The highest BCUT2D eigenvalue weighted by Gasteiger charge is 2.32. The lowest BCUT2D eigenvalue weighted by Gasteiger charge is -2.32. The Kier molecular flexibility index (Phi) is 3.74. The van der Waals surface area contributed by atoms with Gasteiger partial charge in [0.1, 0.15) is 0 Å². The van der Waals surface area contributed by atoms with Gasteiger partial charge in [0, 0.05) is 5.92 Å². The summed E-state index contributed by atoms with van der Waals surface area (Å²) in [6.07, 6.45) is 4.76. The maximum Gasteiger partial charge on any atom is 0.244 e. The first kappa shape index (κ1) is 14.5. The van der Waals surface area contributed by atoms with Crippen molar-refractivity contribution >= 4 is 0 Å². The molecular weight excluding hydrogens is 238 g/mol. The van der Waals surface area contributed by atoms with Crippen molar-refractivity contribution in [3.05, 3.63) is 11.7 Å². The molecule has 4 nitrogen and oxygen atoms in total. The molecule has 0 saturated heterocycles. The van der Waals surface area contributed by atoms with Crippen LogP contribution in [0.25, 0.3) is 0 Å². The van der Waals surface area contributed by atoms with E-state index < -0.39 is 0 Å². The predicted molar refractivity (Wildman–Crippen MR) is 75.7 cm³/mol. The first-order valence-electron chi connectivity index (χ1n) is 7.28. The van der Waals surface area contributed by atoms with Crippen LogP contribution in [0.4, 0.5) is 0 Å². The van der Waals surface area contributed by atoms with E-state index in [0.29, 0.717) is 17.2 Å². The summed E-state index contributed by atoms with van der Waals surface area (Å²) in [5, 5.41) is 4.16. The first-order chi connectivity index (χ1) is 8.69. The van der Waals surface area contributed by atoms with Gasteiger partial charge in [0.25, 0.3) is 0 Å². The Bertz CT molecular complexity index is 421. The molecule has 1 atom stereocenters. The monoisotopic (exact) mass is 265 g/mol. The van der Waals surface area contributed by atoms with Crippen LogP contribution in [0.2, 0.25) is 0 Å². The smallest absolute Gasteiger partial charge is 0.244 e. The van der Waals surface area contributed by atoms with Crippen LogP contribution in [0.15, 0.2) is 4.52 Å². The van der Waals surface area contributed by atoms with Gasteiger partial charge in [-0.05, 0) is 36.5 Å². The summed E-state index contributed by atoms with van der Waals surface area (Å²) in [7, 11) is 0. The van der Waals surface area contributed by atoms with Gasteiger partial charge in [0.2, 0.25) is 5.89 Å². The van der Waals surface area contributed by atoms with Crippen molar-refractivity contribution in [2.45, 2.75) is 72.3 Å². The quantitative estimate of drug-likeness (QED) is 0.883. The number of aromatic nitrogens is 2. The average Bonchev–Trinajstić information content (AvgIpc) is 2.76. The largest absolute Gasteiger partial charge is 0.338 e. The molecule has 2 rings (SSSR count). The van der Waals surface area contributed by atoms with Gasteiger partial charge in [-0.2, -0.15) is 4.98 Å². The summed E-state index contributed by atoms with van der Waals surface area (Å²) < 4.78 is 5.37. The van der Waals surface area contributed by atoms with Crippen LogP contribution in [0.1, 0.15) is 84.0 Å². The van der Waals surface area contributed by atoms with Crippen molar-refractivity contribution in [1.82, 2.24) is 10.1 Å². The number of hydrogen-bond donors (Lipinski definition) is 1. The van der Waals surface area contributed by atoms with Gasteiger partial charge in [0.15, 0.2) is 5.82 Å². The summed E-state index contributed by atoms with van der Waals surface area (Å²) >= 11 is 0. The lowest BCUT2D eigenvalue weighted by molar-refractivity contribution is 0.217. The zero-order valence-electron chi connectivity index (χ0n) is 12.9. The molecule has 0 bridgehead atoms. The minimum absolute atomic E-state index is 0.0572. The lowest BCUT2D eigenvalue weighted by atomic mass is 9.73. The third kappa shape index (κ3) is 3.35. The maximum absolute atomic E-state index is 6.16. The molecule has 108 valence electrons. The second-order valence-electron chi connectivity index (χ2n) is 7.77. The third-order valence-electron chi connectivity index (χ3n) is 4.36. The van der Waals surface area contributed by atoms with Crippen LogP contribution >= 0.6 is 0 Å². The van der Waals surface area contributed by atoms with Gasteiger partial charge in [-0.3, -0.25) is 0 Å². The maximum atomic E-state index is 6.16. The van der Waals surface area contributed by atoms with Gasteiger partial charge < -0.3 is 10.3 Å². The van der Waals surface area contributed by atoms with E-state index in [-0.39, 0.29) is 11.5 Å². The molecule has 1 unspecified atom stereocenters. The molecule has 0 spiro atoms. The van der Waals surface area contributed by atoms with Gasteiger partial charge >= 0.3 is 0 Å². The predicted octanol–water partition coefficient (Wildman–Crippen LogP) is 3.80. The Morgan fingerprint density at radius 2 is 1.84 bits per heavy atom. The lowest BCUT2D eigenvalue weighted by Crippen LogP contribution is -2.26. The SMILES string of the molecule is CC1(C)CCC(c2noc(C(N)C(C)(C)C)n2)CC1. The average molecular weight is 265 g/mol. The number of hydrogen-bond acceptors (Lipinski definition) is 4. The van der Waals surface area contributed by atoms with Gasteiger partial charge in [-0.15, -0.1) is 0 Å². The van der Waals surface area contributed by atoms with E-state index in [1.807, 2.05) is 0 Å². The molecule has 0 amide bonds. The molecule has 2 N–H and O–H groups in total. The zero-order valence-corrected chi connectivity index (χ0v) is 12.9. The van der Waals surface area contributed by atoms with Crippen LogP contribution in [-0.4, -0.2) is 10.1 Å². The number of nitrogens with zero attached hydrogens (tertiary/aromatic N) is 2. The Hall–Kier alpha value is -0.900. The minimum Gasteiger partial charge on any atom is -0.338 e. The molecular formula is C15H27N3O. The van der Waals surface area contributed by atoms with E-state index in [2.05, 4.69) is 44.8 Å². The normalized spacial score (nSPS) is 22.4. The fourth-order valence-electron chi connectivity index (χ4n) is 2.57. The molecule has 0 aromatic carbocycles. The standard InChI is InChI=1S/C15H27N3O/c1-14(2,3)11(16)13-17-12(18-19-13)10-6-8-15(4,5)9-7-10/h10-11H,6-9,16H2,1-5H3. The molecule has 0 radical (unpaired) electrons. The van der Waals surface area contributed by atoms with E-state index in [9.17, 15) is 0 Å².